The number of amides is 1. The number of hydrogen-bond acceptors (Lipinski definition) is 5. The zero-order valence-electron chi connectivity index (χ0n) is 19.3. The Kier molecular flexibility index (Phi) is 9.65. The molecule has 0 saturated carbocycles. The van der Waals surface area contributed by atoms with Crippen LogP contribution in [0, 0.1) is 0 Å². The van der Waals surface area contributed by atoms with E-state index in [1.54, 1.807) is 12.1 Å². The lowest BCUT2D eigenvalue weighted by Gasteiger charge is -2.35. The number of nitrogens with one attached hydrogen (secondary N) is 1. The molecule has 1 amide bonds. The van der Waals surface area contributed by atoms with Gasteiger partial charge < -0.3 is 20.9 Å². The fourth-order valence-corrected chi connectivity index (χ4v) is 4.16. The summed E-state index contributed by atoms with van der Waals surface area (Å²) < 4.78 is 0. The van der Waals surface area contributed by atoms with Gasteiger partial charge in [-0.05, 0) is 55.2 Å². The molecule has 7 nitrogen and oxygen atoms in total. The van der Waals surface area contributed by atoms with Crippen molar-refractivity contribution in [1.29, 1.82) is 0 Å². The van der Waals surface area contributed by atoms with Crippen LogP contribution >= 0.6 is 23.2 Å². The summed E-state index contributed by atoms with van der Waals surface area (Å²) in [6.07, 6.45) is 1.43. The summed E-state index contributed by atoms with van der Waals surface area (Å²) in [5.74, 6) is -0.148. The molecule has 1 fully saturated rings. The molecule has 3 N–H and O–H groups in total. The summed E-state index contributed by atoms with van der Waals surface area (Å²) in [6.45, 7) is 11.7. The van der Waals surface area contributed by atoms with Gasteiger partial charge in [-0.25, -0.2) is 9.98 Å². The second-order valence-corrected chi connectivity index (χ2v) is 8.78. The van der Waals surface area contributed by atoms with Gasteiger partial charge in [-0.1, -0.05) is 36.2 Å². The Bertz CT molecular complexity index is 1060. The van der Waals surface area contributed by atoms with Gasteiger partial charge in [-0.15, -0.1) is 0 Å². The average molecular weight is 501 g/mol. The summed E-state index contributed by atoms with van der Waals surface area (Å²) in [5, 5.41) is 4.27. The smallest absolute Gasteiger partial charge is 0.247 e. The summed E-state index contributed by atoms with van der Waals surface area (Å²) in [5.41, 5.74) is 8.70. The first kappa shape index (κ1) is 25.9. The molecule has 1 aliphatic heterocycles. The fraction of sp³-hybridized carbons (Fsp3) is 0.320. The molecule has 0 aliphatic carbocycles. The third kappa shape index (κ3) is 7.14. The Balaban J connectivity index is 1.65. The normalized spacial score (nSPS) is 15.4. The van der Waals surface area contributed by atoms with Crippen LogP contribution in [-0.4, -0.2) is 62.6 Å². The summed E-state index contributed by atoms with van der Waals surface area (Å²) in [7, 11) is 0. The van der Waals surface area contributed by atoms with Crippen molar-refractivity contribution in [2.75, 3.05) is 44.2 Å². The minimum absolute atomic E-state index is 0.227. The number of carbonyl (C=O) groups excluding carboxylic acids is 1. The number of piperazine rings is 1. The number of halogens is 2. The predicted molar refractivity (Wildman–Crippen MR) is 142 cm³/mol. The van der Waals surface area contributed by atoms with Crippen LogP contribution in [0.1, 0.15) is 18.1 Å². The first-order valence-electron chi connectivity index (χ1n) is 11.2. The van der Waals surface area contributed by atoms with Gasteiger partial charge in [0.25, 0.3) is 0 Å². The van der Waals surface area contributed by atoms with Crippen LogP contribution in [0.4, 0.5) is 5.69 Å². The van der Waals surface area contributed by atoms with E-state index in [-0.39, 0.29) is 6.54 Å². The number of primary amides is 1. The minimum Gasteiger partial charge on any atom is -0.369 e. The highest BCUT2D eigenvalue weighted by Gasteiger charge is 2.16. The highest BCUT2D eigenvalue weighted by molar-refractivity contribution is 6.35. The van der Waals surface area contributed by atoms with Crippen LogP contribution in [0.3, 0.4) is 0 Å². The molecule has 180 valence electrons. The van der Waals surface area contributed by atoms with Gasteiger partial charge in [0.2, 0.25) is 5.91 Å². The van der Waals surface area contributed by atoms with Crippen LogP contribution in [0.5, 0.6) is 0 Å². The van der Waals surface area contributed by atoms with E-state index < -0.39 is 5.91 Å². The topological polar surface area (TPSA) is 86.3 Å². The van der Waals surface area contributed by atoms with Crippen LogP contribution in [0.15, 0.2) is 64.2 Å². The van der Waals surface area contributed by atoms with Crippen LogP contribution < -0.4 is 16.0 Å². The number of nitrogens with two attached hydrogens (primary N) is 1. The number of anilines is 1. The zero-order chi connectivity index (χ0) is 24.5. The van der Waals surface area contributed by atoms with Gasteiger partial charge in [-0.2, -0.15) is 0 Å². The number of aliphatic imine (C=N–C) groups is 2. The second kappa shape index (κ2) is 12.7. The lowest BCUT2D eigenvalue weighted by molar-refractivity contribution is -0.114. The summed E-state index contributed by atoms with van der Waals surface area (Å²) >= 11 is 12.1. The second-order valence-electron chi connectivity index (χ2n) is 7.94. The van der Waals surface area contributed by atoms with E-state index in [1.165, 1.54) is 11.9 Å². The van der Waals surface area contributed by atoms with E-state index >= 15 is 0 Å². The molecule has 0 aromatic heterocycles. The van der Waals surface area contributed by atoms with E-state index in [1.807, 2.05) is 18.2 Å². The first-order valence-corrected chi connectivity index (χ1v) is 11.9. The summed E-state index contributed by atoms with van der Waals surface area (Å²) in [4.78, 5) is 25.1. The molecule has 0 atom stereocenters. The third-order valence-electron chi connectivity index (χ3n) is 5.77. The summed E-state index contributed by atoms with van der Waals surface area (Å²) in [6, 6.07) is 13.3. The maximum atomic E-state index is 11.9. The van der Waals surface area contributed by atoms with Gasteiger partial charge in [0.15, 0.2) is 5.84 Å². The molecule has 34 heavy (non-hydrogen) atoms. The molecule has 2 aromatic rings. The Morgan fingerprint density at radius 1 is 1.15 bits per heavy atom. The third-order valence-corrected chi connectivity index (χ3v) is 6.35. The van der Waals surface area contributed by atoms with E-state index in [2.05, 4.69) is 50.9 Å². The number of benzene rings is 2. The molecule has 1 saturated heterocycles. The van der Waals surface area contributed by atoms with Crippen LogP contribution in [-0.2, 0) is 11.3 Å². The average Bonchev–Trinajstić information content (AvgIpc) is 2.84. The molecule has 0 spiro atoms. The van der Waals surface area contributed by atoms with E-state index in [9.17, 15) is 4.79 Å². The van der Waals surface area contributed by atoms with Gasteiger partial charge in [-0.3, -0.25) is 4.79 Å². The maximum absolute atomic E-state index is 11.9. The SMILES string of the molecule is C=NC(=N/C=C(\CNCc1ccc(Cl)cc1Cl)C(N)=O)c1ccc(N2CCN(CC)CC2)cc1. The van der Waals surface area contributed by atoms with Crippen molar-refractivity contribution in [2.24, 2.45) is 15.7 Å². The van der Waals surface area contributed by atoms with Crippen molar-refractivity contribution in [3.05, 3.63) is 75.4 Å². The van der Waals surface area contributed by atoms with Crippen molar-refractivity contribution in [2.45, 2.75) is 13.5 Å². The molecular weight excluding hydrogens is 471 g/mol. The van der Waals surface area contributed by atoms with Crippen molar-refractivity contribution in [3.8, 4) is 0 Å². The number of rotatable bonds is 9. The molecule has 9 heteroatoms. The molecule has 0 radical (unpaired) electrons. The molecule has 2 aromatic carbocycles. The quantitative estimate of drug-likeness (QED) is 0.312. The number of likely N-dealkylation sites (N-methyl/N-ethyl adjacent to an activating group) is 1. The Labute approximate surface area is 211 Å². The van der Waals surface area contributed by atoms with Gasteiger partial charge in [0.1, 0.15) is 0 Å². The molecule has 3 rings (SSSR count). The lowest BCUT2D eigenvalue weighted by atomic mass is 10.1. The number of carbonyl (C=O) groups is 1. The van der Waals surface area contributed by atoms with Crippen molar-refractivity contribution in [3.63, 3.8) is 0 Å². The van der Waals surface area contributed by atoms with Crippen LogP contribution in [0.25, 0.3) is 0 Å². The largest absolute Gasteiger partial charge is 0.369 e. The first-order chi connectivity index (χ1) is 16.4. The molecule has 0 unspecified atom stereocenters. The fourth-order valence-electron chi connectivity index (χ4n) is 3.68. The molecule has 1 heterocycles. The minimum atomic E-state index is -0.566. The Hall–Kier alpha value is -2.71. The molecule has 1 aliphatic rings. The Morgan fingerprint density at radius 3 is 2.44 bits per heavy atom. The molecular formula is C25H30Cl2N6O. The van der Waals surface area contributed by atoms with Crippen molar-refractivity contribution in [1.82, 2.24) is 10.2 Å². The standard InChI is InChI=1S/C25H30Cl2N6O/c1-3-32-10-12-33(13-11-32)22-8-5-18(6-9-22)25(29-2)31-17-20(24(28)34)16-30-15-19-4-7-21(26)14-23(19)27/h4-9,14,17,30H,2-3,10-13,15-16H2,1H3,(H2,28,34)/b20-17+,31-25?. The van der Waals surface area contributed by atoms with Crippen molar-refractivity contribution < 1.29 is 4.79 Å². The maximum Gasteiger partial charge on any atom is 0.247 e. The Morgan fingerprint density at radius 2 is 1.85 bits per heavy atom. The number of amidine groups is 1. The monoisotopic (exact) mass is 500 g/mol. The number of nitrogens with zero attached hydrogens (tertiary/aromatic N) is 4. The molecule has 0 bridgehead atoms. The number of hydrogen-bond donors (Lipinski definition) is 2. The highest BCUT2D eigenvalue weighted by atomic mass is 35.5. The van der Waals surface area contributed by atoms with Gasteiger partial charge >= 0.3 is 0 Å². The van der Waals surface area contributed by atoms with E-state index in [4.69, 9.17) is 28.9 Å². The van der Waals surface area contributed by atoms with E-state index in [0.29, 0.717) is 28.0 Å². The van der Waals surface area contributed by atoms with Gasteiger partial charge in [0.05, 0.1) is 0 Å². The predicted octanol–water partition coefficient (Wildman–Crippen LogP) is 3.74. The highest BCUT2D eigenvalue weighted by Crippen LogP contribution is 2.21. The van der Waals surface area contributed by atoms with E-state index in [0.717, 1.165) is 43.9 Å². The van der Waals surface area contributed by atoms with Crippen molar-refractivity contribution >= 4 is 47.3 Å². The van der Waals surface area contributed by atoms with Crippen LogP contribution in [0.2, 0.25) is 10.0 Å². The van der Waals surface area contributed by atoms with Gasteiger partial charge in [0, 0.05) is 72.3 Å². The lowest BCUT2D eigenvalue weighted by Crippen LogP contribution is -2.46. The zero-order valence-corrected chi connectivity index (χ0v) is 20.8.